The van der Waals surface area contributed by atoms with E-state index < -0.39 is 11.9 Å². The lowest BCUT2D eigenvalue weighted by Gasteiger charge is -2.16. The third kappa shape index (κ3) is 2.52. The molecule has 1 N–H and O–H groups in total. The first-order valence-corrected chi connectivity index (χ1v) is 6.12. The Bertz CT molecular complexity index is 455. The largest absolute Gasteiger partial charge is 0.481 e. The zero-order valence-electron chi connectivity index (χ0n) is 10.4. The zero-order valence-corrected chi connectivity index (χ0v) is 10.4. The number of likely N-dealkylation sites (tertiary alicyclic amines) is 1. The topological polar surface area (TPSA) is 75.4 Å². The van der Waals surface area contributed by atoms with Gasteiger partial charge in [-0.05, 0) is 6.42 Å². The van der Waals surface area contributed by atoms with Gasteiger partial charge in [0.25, 0.3) is 0 Å². The summed E-state index contributed by atoms with van der Waals surface area (Å²) in [5.41, 5.74) is 0. The van der Waals surface area contributed by atoms with E-state index in [1.54, 1.807) is 11.1 Å². The van der Waals surface area contributed by atoms with Crippen LogP contribution >= 0.6 is 0 Å². The van der Waals surface area contributed by atoms with Gasteiger partial charge in [-0.3, -0.25) is 9.59 Å². The zero-order chi connectivity index (χ0) is 13.1. The first-order chi connectivity index (χ1) is 8.61. The fourth-order valence-corrected chi connectivity index (χ4v) is 2.20. The highest BCUT2D eigenvalue weighted by atomic mass is 16.4. The van der Waals surface area contributed by atoms with Crippen LogP contribution in [0.4, 0.5) is 0 Å². The summed E-state index contributed by atoms with van der Waals surface area (Å²) in [7, 11) is 0. The summed E-state index contributed by atoms with van der Waals surface area (Å²) in [5, 5.41) is 8.91. The van der Waals surface area contributed by atoms with Crippen molar-refractivity contribution < 1.29 is 14.7 Å². The van der Waals surface area contributed by atoms with Crippen molar-refractivity contribution in [1.82, 2.24) is 14.5 Å². The van der Waals surface area contributed by atoms with Crippen molar-refractivity contribution in [2.45, 2.75) is 32.9 Å². The van der Waals surface area contributed by atoms with E-state index >= 15 is 0 Å². The Labute approximate surface area is 105 Å². The molecule has 1 saturated heterocycles. The van der Waals surface area contributed by atoms with E-state index in [0.717, 1.165) is 18.8 Å². The van der Waals surface area contributed by atoms with E-state index in [1.807, 2.05) is 10.8 Å². The van der Waals surface area contributed by atoms with E-state index in [-0.39, 0.29) is 18.9 Å². The molecule has 0 saturated carbocycles. The summed E-state index contributed by atoms with van der Waals surface area (Å²) < 4.78 is 2.00. The molecule has 1 aliphatic rings. The number of hydrogen-bond acceptors (Lipinski definition) is 3. The van der Waals surface area contributed by atoms with Crippen molar-refractivity contribution in [3.05, 3.63) is 18.2 Å². The lowest BCUT2D eigenvalue weighted by molar-refractivity contribution is -0.141. The van der Waals surface area contributed by atoms with Crippen molar-refractivity contribution in [1.29, 1.82) is 0 Å². The Morgan fingerprint density at radius 3 is 3.00 bits per heavy atom. The number of aryl methyl sites for hydroxylation is 1. The third-order valence-corrected chi connectivity index (χ3v) is 3.16. The Hall–Kier alpha value is -1.85. The van der Waals surface area contributed by atoms with Crippen molar-refractivity contribution in [2.75, 3.05) is 6.54 Å². The maximum Gasteiger partial charge on any atom is 0.308 e. The lowest BCUT2D eigenvalue weighted by atomic mass is 10.1. The number of carbonyl (C=O) groups excluding carboxylic acids is 1. The smallest absolute Gasteiger partial charge is 0.308 e. The number of imidazole rings is 1. The molecule has 6 heteroatoms. The van der Waals surface area contributed by atoms with Gasteiger partial charge in [0.2, 0.25) is 5.91 Å². The molecule has 1 unspecified atom stereocenters. The normalized spacial score (nSPS) is 19.5. The van der Waals surface area contributed by atoms with Crippen LogP contribution in [0.25, 0.3) is 0 Å². The van der Waals surface area contributed by atoms with Gasteiger partial charge in [-0.1, -0.05) is 6.92 Å². The summed E-state index contributed by atoms with van der Waals surface area (Å²) in [6.45, 7) is 3.62. The van der Waals surface area contributed by atoms with Crippen LogP contribution in [0, 0.1) is 5.92 Å². The Kier molecular flexibility index (Phi) is 3.64. The standard InChI is InChI=1S/C12H17N3O3/c1-2-4-14-5-3-13-10(14)8-15-7-9(12(17)18)6-11(15)16/h3,5,9H,2,4,6-8H2,1H3,(H,17,18). The van der Waals surface area contributed by atoms with Crippen molar-refractivity contribution in [3.63, 3.8) is 0 Å². The average molecular weight is 251 g/mol. The van der Waals surface area contributed by atoms with Crippen molar-refractivity contribution >= 4 is 11.9 Å². The quantitative estimate of drug-likeness (QED) is 0.837. The summed E-state index contributed by atoms with van der Waals surface area (Å²) in [6.07, 6.45) is 4.69. The van der Waals surface area contributed by atoms with Gasteiger partial charge in [-0.2, -0.15) is 0 Å². The molecule has 1 aliphatic heterocycles. The molecule has 98 valence electrons. The monoisotopic (exact) mass is 251 g/mol. The van der Waals surface area contributed by atoms with E-state index in [9.17, 15) is 9.59 Å². The van der Waals surface area contributed by atoms with Gasteiger partial charge in [0.05, 0.1) is 12.5 Å². The molecular weight excluding hydrogens is 234 g/mol. The van der Waals surface area contributed by atoms with Gasteiger partial charge in [0, 0.05) is 31.9 Å². The van der Waals surface area contributed by atoms with Crippen LogP contribution in [-0.4, -0.2) is 38.0 Å². The van der Waals surface area contributed by atoms with Gasteiger partial charge in [0.15, 0.2) is 0 Å². The minimum atomic E-state index is -0.900. The van der Waals surface area contributed by atoms with Crippen LogP contribution in [0.1, 0.15) is 25.6 Å². The number of aromatic nitrogens is 2. The third-order valence-electron chi connectivity index (χ3n) is 3.16. The molecule has 2 rings (SSSR count). The molecule has 1 aromatic heterocycles. The van der Waals surface area contributed by atoms with Gasteiger partial charge in [-0.25, -0.2) is 4.98 Å². The van der Waals surface area contributed by atoms with E-state index in [1.165, 1.54) is 0 Å². The van der Waals surface area contributed by atoms with Gasteiger partial charge >= 0.3 is 5.97 Å². The first kappa shape index (κ1) is 12.6. The summed E-state index contributed by atoms with van der Waals surface area (Å²) in [5.74, 6) is -0.764. The number of rotatable bonds is 5. The van der Waals surface area contributed by atoms with Gasteiger partial charge < -0.3 is 14.6 Å². The van der Waals surface area contributed by atoms with Crippen LogP contribution in [0.3, 0.4) is 0 Å². The molecule has 1 amide bonds. The number of carbonyl (C=O) groups is 2. The number of aliphatic carboxylic acids is 1. The second-order valence-corrected chi connectivity index (χ2v) is 4.55. The van der Waals surface area contributed by atoms with E-state index in [4.69, 9.17) is 5.11 Å². The second kappa shape index (κ2) is 5.20. The molecule has 1 aromatic rings. The van der Waals surface area contributed by atoms with Crippen LogP contribution in [0.5, 0.6) is 0 Å². The van der Waals surface area contributed by atoms with E-state index in [0.29, 0.717) is 6.54 Å². The highest BCUT2D eigenvalue weighted by molar-refractivity contribution is 5.85. The van der Waals surface area contributed by atoms with Crippen LogP contribution < -0.4 is 0 Å². The average Bonchev–Trinajstić information content (AvgIpc) is 2.89. The molecule has 0 aliphatic carbocycles. The number of hydrogen-bond donors (Lipinski definition) is 1. The van der Waals surface area contributed by atoms with Crippen LogP contribution in [0.15, 0.2) is 12.4 Å². The first-order valence-electron chi connectivity index (χ1n) is 6.12. The van der Waals surface area contributed by atoms with Crippen LogP contribution in [-0.2, 0) is 22.7 Å². The number of nitrogens with zero attached hydrogens (tertiary/aromatic N) is 3. The molecule has 6 nitrogen and oxygen atoms in total. The molecule has 0 bridgehead atoms. The fourth-order valence-electron chi connectivity index (χ4n) is 2.20. The second-order valence-electron chi connectivity index (χ2n) is 4.55. The fraction of sp³-hybridized carbons (Fsp3) is 0.583. The number of carboxylic acid groups (broad SMARTS) is 1. The van der Waals surface area contributed by atoms with Crippen molar-refractivity contribution in [3.8, 4) is 0 Å². The Morgan fingerprint density at radius 2 is 2.39 bits per heavy atom. The highest BCUT2D eigenvalue weighted by Gasteiger charge is 2.34. The molecule has 1 atom stereocenters. The molecule has 2 heterocycles. The lowest BCUT2D eigenvalue weighted by Crippen LogP contribution is -2.27. The summed E-state index contributed by atoms with van der Waals surface area (Å²) in [4.78, 5) is 28.4. The Balaban J connectivity index is 2.03. The molecule has 1 fully saturated rings. The summed E-state index contributed by atoms with van der Waals surface area (Å²) in [6, 6.07) is 0. The SMILES string of the molecule is CCCn1ccnc1CN1CC(C(=O)O)CC1=O. The molecule has 0 aromatic carbocycles. The minimum Gasteiger partial charge on any atom is -0.481 e. The van der Waals surface area contributed by atoms with E-state index in [2.05, 4.69) is 11.9 Å². The van der Waals surface area contributed by atoms with Gasteiger partial charge in [-0.15, -0.1) is 0 Å². The predicted octanol–water partition coefficient (Wildman–Crippen LogP) is 0.726. The predicted molar refractivity (Wildman–Crippen MR) is 63.7 cm³/mol. The number of amides is 1. The summed E-state index contributed by atoms with van der Waals surface area (Å²) >= 11 is 0. The van der Waals surface area contributed by atoms with Gasteiger partial charge in [0.1, 0.15) is 5.82 Å². The highest BCUT2D eigenvalue weighted by Crippen LogP contribution is 2.19. The molecular formula is C12H17N3O3. The number of carboxylic acids is 1. The molecule has 0 spiro atoms. The molecule has 0 radical (unpaired) electrons. The maximum absolute atomic E-state index is 11.7. The maximum atomic E-state index is 11.7. The minimum absolute atomic E-state index is 0.101. The molecule has 18 heavy (non-hydrogen) atoms. The Morgan fingerprint density at radius 1 is 1.61 bits per heavy atom. The van der Waals surface area contributed by atoms with Crippen LogP contribution in [0.2, 0.25) is 0 Å². The van der Waals surface area contributed by atoms with Crippen molar-refractivity contribution in [2.24, 2.45) is 5.92 Å².